The van der Waals surface area contributed by atoms with Crippen molar-refractivity contribution in [2.45, 2.75) is 4.90 Å². The van der Waals surface area contributed by atoms with Crippen molar-refractivity contribution in [1.29, 1.82) is 0 Å². The number of hydrogen-bond acceptors (Lipinski definition) is 4. The maximum atomic E-state index is 11.2. The zero-order valence-corrected chi connectivity index (χ0v) is 9.51. The Balaban J connectivity index is 2.72. The molecule has 0 radical (unpaired) electrons. The highest BCUT2D eigenvalue weighted by Gasteiger charge is 2.07. The molecular formula is C9H11N3O3S. The van der Waals surface area contributed by atoms with Crippen molar-refractivity contribution in [3.8, 4) is 5.75 Å². The summed E-state index contributed by atoms with van der Waals surface area (Å²) in [4.78, 5) is 2.78. The molecule has 0 fully saturated rings. The SMILES string of the molecule is CS(=O)(=O)c1cccc(OCCN=[N+]=[N-])c1. The van der Waals surface area contributed by atoms with Gasteiger partial charge in [-0.05, 0) is 23.7 Å². The summed E-state index contributed by atoms with van der Waals surface area (Å²) in [6.07, 6.45) is 1.13. The van der Waals surface area contributed by atoms with Crippen molar-refractivity contribution in [3.63, 3.8) is 0 Å². The Morgan fingerprint density at radius 2 is 2.25 bits per heavy atom. The highest BCUT2D eigenvalue weighted by atomic mass is 32.2. The second kappa shape index (κ2) is 5.39. The summed E-state index contributed by atoms with van der Waals surface area (Å²) in [7, 11) is -3.22. The highest BCUT2D eigenvalue weighted by molar-refractivity contribution is 7.90. The smallest absolute Gasteiger partial charge is 0.175 e. The zero-order valence-electron chi connectivity index (χ0n) is 8.70. The number of benzene rings is 1. The Morgan fingerprint density at radius 3 is 2.88 bits per heavy atom. The van der Waals surface area contributed by atoms with Crippen LogP contribution in [-0.4, -0.2) is 27.8 Å². The number of hydrogen-bond donors (Lipinski definition) is 0. The van der Waals surface area contributed by atoms with Crippen LogP contribution in [-0.2, 0) is 9.84 Å². The van der Waals surface area contributed by atoms with Crippen molar-refractivity contribution in [3.05, 3.63) is 34.7 Å². The molecule has 0 aliphatic carbocycles. The molecule has 0 bridgehead atoms. The third-order valence-electron chi connectivity index (χ3n) is 1.76. The van der Waals surface area contributed by atoms with Crippen LogP contribution in [0.2, 0.25) is 0 Å². The van der Waals surface area contributed by atoms with Gasteiger partial charge in [0.05, 0.1) is 18.0 Å². The van der Waals surface area contributed by atoms with Crippen LogP contribution in [0.5, 0.6) is 5.75 Å². The van der Waals surface area contributed by atoms with Crippen LogP contribution in [0, 0.1) is 0 Å². The molecule has 86 valence electrons. The Labute approximate surface area is 93.4 Å². The highest BCUT2D eigenvalue weighted by Crippen LogP contribution is 2.17. The van der Waals surface area contributed by atoms with Crippen molar-refractivity contribution >= 4 is 9.84 Å². The van der Waals surface area contributed by atoms with E-state index in [1.54, 1.807) is 12.1 Å². The largest absolute Gasteiger partial charge is 0.493 e. The molecule has 0 spiro atoms. The van der Waals surface area contributed by atoms with Gasteiger partial charge in [0, 0.05) is 11.2 Å². The summed E-state index contributed by atoms with van der Waals surface area (Å²) in [5, 5.41) is 3.30. The molecule has 1 aromatic carbocycles. The maximum Gasteiger partial charge on any atom is 0.175 e. The van der Waals surface area contributed by atoms with Crippen LogP contribution in [0.4, 0.5) is 0 Å². The summed E-state index contributed by atoms with van der Waals surface area (Å²) in [5.41, 5.74) is 8.04. The predicted molar refractivity (Wildman–Crippen MR) is 59.1 cm³/mol. The molecule has 0 amide bonds. The molecule has 6 nitrogen and oxygen atoms in total. The molecule has 0 aliphatic heterocycles. The fourth-order valence-electron chi connectivity index (χ4n) is 1.04. The lowest BCUT2D eigenvalue weighted by Gasteiger charge is -2.05. The summed E-state index contributed by atoms with van der Waals surface area (Å²) in [5.74, 6) is 0.441. The second-order valence-electron chi connectivity index (χ2n) is 3.05. The summed E-state index contributed by atoms with van der Waals surface area (Å²) >= 11 is 0. The van der Waals surface area contributed by atoms with Crippen LogP contribution in [0.3, 0.4) is 0 Å². The van der Waals surface area contributed by atoms with E-state index in [1.807, 2.05) is 0 Å². The number of sulfone groups is 1. The molecule has 0 saturated heterocycles. The van der Waals surface area contributed by atoms with E-state index in [4.69, 9.17) is 10.3 Å². The first-order chi connectivity index (χ1) is 7.54. The van der Waals surface area contributed by atoms with Crippen LogP contribution in [0.1, 0.15) is 0 Å². The monoisotopic (exact) mass is 241 g/mol. The van der Waals surface area contributed by atoms with Crippen molar-refractivity contribution in [2.24, 2.45) is 5.11 Å². The first-order valence-corrected chi connectivity index (χ1v) is 6.37. The molecule has 7 heteroatoms. The summed E-state index contributed by atoms with van der Waals surface area (Å²) in [6, 6.07) is 6.17. The Morgan fingerprint density at radius 1 is 1.50 bits per heavy atom. The predicted octanol–water partition coefficient (Wildman–Crippen LogP) is 1.78. The zero-order chi connectivity index (χ0) is 12.0. The number of azide groups is 1. The lowest BCUT2D eigenvalue weighted by molar-refractivity contribution is 0.327. The Bertz CT molecular complexity index is 506. The fraction of sp³-hybridized carbons (Fsp3) is 0.333. The van der Waals surface area contributed by atoms with E-state index in [0.29, 0.717) is 5.75 Å². The molecule has 1 aromatic rings. The molecule has 1 rings (SSSR count). The minimum Gasteiger partial charge on any atom is -0.493 e. The van der Waals surface area contributed by atoms with Gasteiger partial charge in [0.1, 0.15) is 5.75 Å². The van der Waals surface area contributed by atoms with Crippen LogP contribution in [0.25, 0.3) is 10.4 Å². The molecule has 0 atom stereocenters. The van der Waals surface area contributed by atoms with E-state index >= 15 is 0 Å². The normalized spacial score (nSPS) is 10.6. The van der Waals surface area contributed by atoms with E-state index < -0.39 is 9.84 Å². The first-order valence-electron chi connectivity index (χ1n) is 4.48. The van der Waals surface area contributed by atoms with Gasteiger partial charge in [0.15, 0.2) is 9.84 Å². The Kier molecular flexibility index (Phi) is 4.16. The van der Waals surface area contributed by atoms with Crippen LogP contribution >= 0.6 is 0 Å². The maximum absolute atomic E-state index is 11.2. The van der Waals surface area contributed by atoms with Crippen molar-refractivity contribution < 1.29 is 13.2 Å². The van der Waals surface area contributed by atoms with Gasteiger partial charge in [-0.1, -0.05) is 11.2 Å². The molecule has 0 aliphatic rings. The molecule has 0 N–H and O–H groups in total. The van der Waals surface area contributed by atoms with Gasteiger partial charge in [-0.2, -0.15) is 0 Å². The average Bonchev–Trinajstić information content (AvgIpc) is 2.24. The lowest BCUT2D eigenvalue weighted by Crippen LogP contribution is -2.02. The second-order valence-corrected chi connectivity index (χ2v) is 5.07. The van der Waals surface area contributed by atoms with E-state index in [1.165, 1.54) is 12.1 Å². The van der Waals surface area contributed by atoms with Gasteiger partial charge < -0.3 is 4.74 Å². The lowest BCUT2D eigenvalue weighted by atomic mass is 10.3. The van der Waals surface area contributed by atoms with Gasteiger partial charge >= 0.3 is 0 Å². The topological polar surface area (TPSA) is 92.1 Å². The van der Waals surface area contributed by atoms with E-state index in [0.717, 1.165) is 6.26 Å². The van der Waals surface area contributed by atoms with Crippen molar-refractivity contribution in [1.82, 2.24) is 0 Å². The van der Waals surface area contributed by atoms with Gasteiger partial charge in [0.2, 0.25) is 0 Å². The number of nitrogens with zero attached hydrogens (tertiary/aromatic N) is 3. The number of rotatable bonds is 5. The van der Waals surface area contributed by atoms with Gasteiger partial charge in [-0.3, -0.25) is 0 Å². The van der Waals surface area contributed by atoms with Crippen LogP contribution in [0.15, 0.2) is 34.3 Å². The number of ether oxygens (including phenoxy) is 1. The summed E-state index contributed by atoms with van der Waals surface area (Å²) in [6.45, 7) is 0.427. The molecule has 0 heterocycles. The van der Waals surface area contributed by atoms with E-state index in [9.17, 15) is 8.42 Å². The molecule has 0 aromatic heterocycles. The summed E-state index contributed by atoms with van der Waals surface area (Å²) < 4.78 is 27.7. The molecule has 0 saturated carbocycles. The van der Waals surface area contributed by atoms with Crippen molar-refractivity contribution in [2.75, 3.05) is 19.4 Å². The minimum absolute atomic E-state index is 0.203. The third kappa shape index (κ3) is 3.80. The quantitative estimate of drug-likeness (QED) is 0.340. The minimum atomic E-state index is -3.22. The van der Waals surface area contributed by atoms with Crippen LogP contribution < -0.4 is 4.74 Å². The third-order valence-corrected chi connectivity index (χ3v) is 2.87. The molecule has 16 heavy (non-hydrogen) atoms. The molecular weight excluding hydrogens is 230 g/mol. The first kappa shape index (κ1) is 12.4. The molecule has 0 unspecified atom stereocenters. The fourth-order valence-corrected chi connectivity index (χ4v) is 1.70. The van der Waals surface area contributed by atoms with E-state index in [-0.39, 0.29) is 18.0 Å². The van der Waals surface area contributed by atoms with Gasteiger partial charge in [-0.15, -0.1) is 0 Å². The van der Waals surface area contributed by atoms with Gasteiger partial charge in [-0.25, -0.2) is 8.42 Å². The van der Waals surface area contributed by atoms with E-state index in [2.05, 4.69) is 10.0 Å². The Hall–Kier alpha value is -1.72. The van der Waals surface area contributed by atoms with Gasteiger partial charge in [0.25, 0.3) is 0 Å². The standard InChI is InChI=1S/C9H11N3O3S/c1-16(13,14)9-4-2-3-8(7-9)15-6-5-11-12-10/h2-4,7H,5-6H2,1H3. The average molecular weight is 241 g/mol.